The first-order valence-electron chi connectivity index (χ1n) is 6.51. The summed E-state index contributed by atoms with van der Waals surface area (Å²) in [6.07, 6.45) is -0.861. The maximum Gasteiger partial charge on any atom is 0.197 e. The Morgan fingerprint density at radius 1 is 0.905 bits per heavy atom. The van der Waals surface area contributed by atoms with Gasteiger partial charge in [0.2, 0.25) is 0 Å². The van der Waals surface area contributed by atoms with Gasteiger partial charge in [-0.2, -0.15) is 0 Å². The molecule has 0 saturated heterocycles. The number of rotatable bonds is 1. The number of carbonyl (C=O) groups excluding carboxylic acids is 2. The Morgan fingerprint density at radius 3 is 2.05 bits per heavy atom. The van der Waals surface area contributed by atoms with Crippen LogP contribution in [0.25, 0.3) is 0 Å². The van der Waals surface area contributed by atoms with Gasteiger partial charge in [0, 0.05) is 22.5 Å². The molecular weight excluding hydrogens is 268 g/mol. The van der Waals surface area contributed by atoms with Crippen LogP contribution in [0.2, 0.25) is 0 Å². The summed E-state index contributed by atoms with van der Waals surface area (Å²) in [5.74, 6) is -0.715. The molecule has 0 spiro atoms. The zero-order valence-corrected chi connectivity index (χ0v) is 11.4. The molecule has 2 aromatic carbocycles. The van der Waals surface area contributed by atoms with Crippen molar-refractivity contribution in [3.8, 4) is 0 Å². The fourth-order valence-electron chi connectivity index (χ4n) is 2.74. The average Bonchev–Trinajstić information content (AvgIpc) is 2.46. The molecule has 0 aromatic heterocycles. The molecule has 5 nitrogen and oxygen atoms in total. The average molecular weight is 282 g/mol. The second-order valence-electron chi connectivity index (χ2n) is 5.10. The number of aliphatic hydroxyl groups is 1. The number of fused-ring (bicyclic) bond motifs is 2. The van der Waals surface area contributed by atoms with E-state index in [1.807, 2.05) is 0 Å². The number of hydrogen-bond donors (Lipinski definition) is 3. The highest BCUT2D eigenvalue weighted by atomic mass is 16.3. The predicted molar refractivity (Wildman–Crippen MR) is 79.2 cm³/mol. The van der Waals surface area contributed by atoms with Gasteiger partial charge in [0.1, 0.15) is 0 Å². The Balaban J connectivity index is 2.39. The molecule has 3 rings (SSSR count). The molecule has 0 heterocycles. The van der Waals surface area contributed by atoms with Crippen LogP contribution >= 0.6 is 0 Å². The fraction of sp³-hybridized carbons (Fsp3) is 0.125. The quantitative estimate of drug-likeness (QED) is 0.589. The largest absolute Gasteiger partial charge is 0.398 e. The summed E-state index contributed by atoms with van der Waals surface area (Å²) >= 11 is 0. The smallest absolute Gasteiger partial charge is 0.197 e. The number of aliphatic hydroxyl groups excluding tert-OH is 1. The molecule has 1 aliphatic carbocycles. The first-order valence-corrected chi connectivity index (χ1v) is 6.51. The summed E-state index contributed by atoms with van der Waals surface area (Å²) in [5, 5.41) is 9.84. The minimum Gasteiger partial charge on any atom is -0.398 e. The first-order chi connectivity index (χ1) is 9.93. The van der Waals surface area contributed by atoms with E-state index >= 15 is 0 Å². The number of nitrogen functional groups attached to an aromatic ring is 2. The van der Waals surface area contributed by atoms with Gasteiger partial charge < -0.3 is 16.6 Å². The van der Waals surface area contributed by atoms with E-state index in [0.717, 1.165) is 0 Å². The highest BCUT2D eigenvalue weighted by Crippen LogP contribution is 2.36. The third-order valence-electron chi connectivity index (χ3n) is 3.74. The zero-order chi connectivity index (χ0) is 15.3. The van der Waals surface area contributed by atoms with E-state index in [-0.39, 0.29) is 45.2 Å². The number of anilines is 2. The first kappa shape index (κ1) is 13.3. The van der Waals surface area contributed by atoms with Gasteiger partial charge in [-0.3, -0.25) is 9.59 Å². The van der Waals surface area contributed by atoms with Crippen molar-refractivity contribution in [2.24, 2.45) is 0 Å². The molecule has 106 valence electrons. The Kier molecular flexibility index (Phi) is 2.81. The van der Waals surface area contributed by atoms with Crippen LogP contribution in [0.1, 0.15) is 50.4 Å². The van der Waals surface area contributed by atoms with Gasteiger partial charge in [0.25, 0.3) is 0 Å². The summed E-state index contributed by atoms with van der Waals surface area (Å²) in [6.45, 7) is 1.55. The summed E-state index contributed by atoms with van der Waals surface area (Å²) in [5.41, 5.74) is 13.3. The number of carbonyl (C=O) groups is 2. The number of hydrogen-bond acceptors (Lipinski definition) is 5. The van der Waals surface area contributed by atoms with E-state index in [0.29, 0.717) is 5.56 Å². The fourth-order valence-corrected chi connectivity index (χ4v) is 2.74. The number of ketones is 2. The predicted octanol–water partition coefficient (Wildman–Crippen LogP) is 1.68. The van der Waals surface area contributed by atoms with Gasteiger partial charge in [-0.05, 0) is 24.6 Å². The Morgan fingerprint density at radius 2 is 1.48 bits per heavy atom. The lowest BCUT2D eigenvalue weighted by atomic mass is 9.79. The minimum absolute atomic E-state index is 0.126. The van der Waals surface area contributed by atoms with Crippen molar-refractivity contribution in [1.29, 1.82) is 0 Å². The molecule has 2 aromatic rings. The van der Waals surface area contributed by atoms with Crippen molar-refractivity contribution in [3.05, 3.63) is 58.1 Å². The zero-order valence-electron chi connectivity index (χ0n) is 11.4. The lowest BCUT2D eigenvalue weighted by Crippen LogP contribution is -2.25. The van der Waals surface area contributed by atoms with Gasteiger partial charge >= 0.3 is 0 Å². The molecular formula is C16H14N2O3. The monoisotopic (exact) mass is 282 g/mol. The molecule has 21 heavy (non-hydrogen) atoms. The molecule has 0 bridgehead atoms. The SMILES string of the molecule is CC(O)c1cccc2c1C(=O)c1c(N)ccc(N)c1C2=O. The second-order valence-corrected chi connectivity index (χ2v) is 5.10. The molecule has 0 amide bonds. The standard InChI is InChI=1S/C16H14N2O3/c1-7(19)8-3-2-4-9-12(8)16(21)14-11(18)6-5-10(17)13(14)15(9)20/h2-7,19H,17-18H2,1H3. The maximum atomic E-state index is 12.8. The topological polar surface area (TPSA) is 106 Å². The lowest BCUT2D eigenvalue weighted by Gasteiger charge is -2.23. The lowest BCUT2D eigenvalue weighted by molar-refractivity contribution is 0.0975. The van der Waals surface area contributed by atoms with Crippen LogP contribution in [-0.2, 0) is 0 Å². The van der Waals surface area contributed by atoms with Crippen molar-refractivity contribution >= 4 is 22.9 Å². The molecule has 1 atom stereocenters. The van der Waals surface area contributed by atoms with Gasteiger partial charge in [-0.25, -0.2) is 0 Å². The molecule has 5 heteroatoms. The third kappa shape index (κ3) is 1.75. The van der Waals surface area contributed by atoms with Gasteiger partial charge in [-0.15, -0.1) is 0 Å². The van der Waals surface area contributed by atoms with Crippen molar-refractivity contribution in [1.82, 2.24) is 0 Å². The molecule has 0 fully saturated rings. The third-order valence-corrected chi connectivity index (χ3v) is 3.74. The molecule has 0 saturated carbocycles. The highest BCUT2D eigenvalue weighted by molar-refractivity contribution is 6.32. The van der Waals surface area contributed by atoms with E-state index in [1.165, 1.54) is 12.1 Å². The summed E-state index contributed by atoms with van der Waals surface area (Å²) < 4.78 is 0. The van der Waals surface area contributed by atoms with Crippen molar-refractivity contribution in [2.45, 2.75) is 13.0 Å². The number of nitrogens with two attached hydrogens (primary N) is 2. The van der Waals surface area contributed by atoms with E-state index in [9.17, 15) is 14.7 Å². The van der Waals surface area contributed by atoms with Crippen LogP contribution in [0.5, 0.6) is 0 Å². The summed E-state index contributed by atoms with van der Waals surface area (Å²) in [7, 11) is 0. The van der Waals surface area contributed by atoms with E-state index < -0.39 is 6.10 Å². The van der Waals surface area contributed by atoms with Crippen molar-refractivity contribution < 1.29 is 14.7 Å². The van der Waals surface area contributed by atoms with E-state index in [4.69, 9.17) is 11.5 Å². The van der Waals surface area contributed by atoms with Gasteiger partial charge in [0.05, 0.1) is 17.2 Å². The Bertz CT molecular complexity index is 794. The molecule has 0 radical (unpaired) electrons. The normalized spacial score (nSPS) is 14.6. The molecule has 1 unspecified atom stereocenters. The van der Waals surface area contributed by atoms with Crippen molar-refractivity contribution in [2.75, 3.05) is 11.5 Å². The van der Waals surface area contributed by atoms with Crippen LogP contribution in [-0.4, -0.2) is 16.7 Å². The van der Waals surface area contributed by atoms with Gasteiger partial charge in [-0.1, -0.05) is 18.2 Å². The van der Waals surface area contributed by atoms with Crippen LogP contribution in [0, 0.1) is 0 Å². The van der Waals surface area contributed by atoms with Gasteiger partial charge in [0.15, 0.2) is 11.6 Å². The summed E-state index contributed by atoms with van der Waals surface area (Å²) in [6, 6.07) is 7.85. The molecule has 0 aliphatic heterocycles. The van der Waals surface area contributed by atoms with Crippen LogP contribution in [0.3, 0.4) is 0 Å². The molecule has 1 aliphatic rings. The second kappa shape index (κ2) is 4.43. The van der Waals surface area contributed by atoms with Crippen LogP contribution < -0.4 is 11.5 Å². The highest BCUT2D eigenvalue weighted by Gasteiger charge is 2.35. The van der Waals surface area contributed by atoms with E-state index in [2.05, 4.69) is 0 Å². The van der Waals surface area contributed by atoms with Crippen LogP contribution in [0.15, 0.2) is 30.3 Å². The Labute approximate surface area is 121 Å². The molecule has 5 N–H and O–H groups in total. The van der Waals surface area contributed by atoms with E-state index in [1.54, 1.807) is 25.1 Å². The summed E-state index contributed by atoms with van der Waals surface area (Å²) in [4.78, 5) is 25.4. The van der Waals surface area contributed by atoms with Crippen molar-refractivity contribution in [3.63, 3.8) is 0 Å². The Hall–Kier alpha value is -2.66. The van der Waals surface area contributed by atoms with Crippen LogP contribution in [0.4, 0.5) is 11.4 Å². The number of benzene rings is 2. The maximum absolute atomic E-state index is 12.8. The minimum atomic E-state index is -0.861.